The van der Waals surface area contributed by atoms with Crippen LogP contribution in [0.3, 0.4) is 0 Å². The van der Waals surface area contributed by atoms with E-state index < -0.39 is 5.41 Å². The summed E-state index contributed by atoms with van der Waals surface area (Å²) in [5.74, 6) is 0.256. The molecule has 0 atom stereocenters. The quantitative estimate of drug-likeness (QED) is 0.846. The minimum absolute atomic E-state index is 0. The average molecular weight is 382 g/mol. The van der Waals surface area contributed by atoms with Gasteiger partial charge in [0.2, 0.25) is 11.8 Å². The van der Waals surface area contributed by atoms with Crippen LogP contribution >= 0.6 is 12.4 Å². The van der Waals surface area contributed by atoms with E-state index in [0.29, 0.717) is 65.2 Å². The largest absolute Gasteiger partial charge is 0.381 e. The Kier molecular flexibility index (Phi) is 7.43. The Labute approximate surface area is 161 Å². The van der Waals surface area contributed by atoms with Gasteiger partial charge in [-0.3, -0.25) is 9.59 Å². The van der Waals surface area contributed by atoms with Crippen LogP contribution in [0.15, 0.2) is 30.3 Å². The van der Waals surface area contributed by atoms with E-state index in [4.69, 9.17) is 10.5 Å². The zero-order valence-corrected chi connectivity index (χ0v) is 15.9. The molecular formula is C19H28ClN3O3. The van der Waals surface area contributed by atoms with Gasteiger partial charge in [0.15, 0.2) is 0 Å². The van der Waals surface area contributed by atoms with E-state index in [9.17, 15) is 9.59 Å². The Morgan fingerprint density at radius 2 is 1.58 bits per heavy atom. The molecule has 144 valence electrons. The summed E-state index contributed by atoms with van der Waals surface area (Å²) < 4.78 is 5.39. The van der Waals surface area contributed by atoms with Crippen molar-refractivity contribution in [2.45, 2.75) is 19.3 Å². The van der Waals surface area contributed by atoms with Gasteiger partial charge in [-0.2, -0.15) is 0 Å². The first-order valence-corrected chi connectivity index (χ1v) is 9.03. The van der Waals surface area contributed by atoms with Crippen molar-refractivity contribution in [1.82, 2.24) is 9.80 Å². The molecule has 2 aliphatic heterocycles. The van der Waals surface area contributed by atoms with Crippen LogP contribution in [0.25, 0.3) is 0 Å². The van der Waals surface area contributed by atoms with E-state index in [-0.39, 0.29) is 24.2 Å². The molecule has 1 aromatic carbocycles. The predicted molar refractivity (Wildman–Crippen MR) is 102 cm³/mol. The topological polar surface area (TPSA) is 75.9 Å². The van der Waals surface area contributed by atoms with Gasteiger partial charge in [-0.1, -0.05) is 30.3 Å². The van der Waals surface area contributed by atoms with Gasteiger partial charge in [0.05, 0.1) is 11.8 Å². The fourth-order valence-corrected chi connectivity index (χ4v) is 3.64. The van der Waals surface area contributed by atoms with E-state index in [1.165, 1.54) is 0 Å². The van der Waals surface area contributed by atoms with Crippen LogP contribution in [0.1, 0.15) is 18.4 Å². The standard InChI is InChI=1S/C19H27N3O3.ClH/c20-15-19(6-12-25-13-7-19)18(24)22-10-8-21(9-11-22)17(23)14-16-4-2-1-3-5-16;/h1-5H,6-15,20H2;1H. The lowest BCUT2D eigenvalue weighted by atomic mass is 9.78. The van der Waals surface area contributed by atoms with Crippen LogP contribution in [0.5, 0.6) is 0 Å². The third-order valence-corrected chi connectivity index (χ3v) is 5.41. The Hall–Kier alpha value is -1.63. The second-order valence-corrected chi connectivity index (χ2v) is 6.93. The molecule has 7 heteroatoms. The third-order valence-electron chi connectivity index (χ3n) is 5.41. The van der Waals surface area contributed by atoms with Gasteiger partial charge < -0.3 is 20.3 Å². The molecule has 0 aliphatic carbocycles. The molecule has 1 aromatic rings. The van der Waals surface area contributed by atoms with E-state index >= 15 is 0 Å². The first kappa shape index (κ1) is 20.7. The van der Waals surface area contributed by atoms with Crippen LogP contribution in [0.4, 0.5) is 0 Å². The number of halogens is 1. The Balaban J connectivity index is 0.00000243. The van der Waals surface area contributed by atoms with Crippen molar-refractivity contribution in [1.29, 1.82) is 0 Å². The minimum atomic E-state index is -0.478. The molecule has 6 nitrogen and oxygen atoms in total. The first-order chi connectivity index (χ1) is 12.1. The zero-order chi connectivity index (χ0) is 17.7. The number of benzene rings is 1. The third kappa shape index (κ3) is 4.55. The van der Waals surface area contributed by atoms with Gasteiger partial charge >= 0.3 is 0 Å². The van der Waals surface area contributed by atoms with Gasteiger partial charge in [0.25, 0.3) is 0 Å². The molecule has 0 unspecified atom stereocenters. The lowest BCUT2D eigenvalue weighted by Gasteiger charge is -2.42. The minimum Gasteiger partial charge on any atom is -0.381 e. The Bertz CT molecular complexity index is 597. The second-order valence-electron chi connectivity index (χ2n) is 6.93. The van der Waals surface area contributed by atoms with Crippen molar-refractivity contribution in [2.24, 2.45) is 11.1 Å². The van der Waals surface area contributed by atoms with Crippen molar-refractivity contribution in [3.63, 3.8) is 0 Å². The van der Waals surface area contributed by atoms with Crippen molar-refractivity contribution in [2.75, 3.05) is 45.9 Å². The van der Waals surface area contributed by atoms with Gasteiger partial charge in [-0.05, 0) is 18.4 Å². The van der Waals surface area contributed by atoms with Crippen molar-refractivity contribution >= 4 is 24.2 Å². The summed E-state index contributed by atoms with van der Waals surface area (Å²) in [6.45, 7) is 3.91. The monoisotopic (exact) mass is 381 g/mol. The van der Waals surface area contributed by atoms with Gasteiger partial charge in [-0.15, -0.1) is 12.4 Å². The summed E-state index contributed by atoms with van der Waals surface area (Å²) in [5, 5.41) is 0. The van der Waals surface area contributed by atoms with Crippen molar-refractivity contribution in [3.8, 4) is 0 Å². The molecular weight excluding hydrogens is 354 g/mol. The van der Waals surface area contributed by atoms with Crippen LogP contribution in [0, 0.1) is 5.41 Å². The fourth-order valence-electron chi connectivity index (χ4n) is 3.64. The van der Waals surface area contributed by atoms with Gasteiger partial charge in [-0.25, -0.2) is 0 Å². The molecule has 2 aliphatic rings. The molecule has 0 bridgehead atoms. The summed E-state index contributed by atoms with van der Waals surface area (Å²) in [7, 11) is 0. The number of nitrogens with zero attached hydrogens (tertiary/aromatic N) is 2. The number of piperazine rings is 1. The van der Waals surface area contributed by atoms with Gasteiger partial charge in [0.1, 0.15) is 0 Å². The zero-order valence-electron chi connectivity index (χ0n) is 15.1. The summed E-state index contributed by atoms with van der Waals surface area (Å²) in [6, 6.07) is 9.77. The van der Waals surface area contributed by atoms with E-state index in [1.807, 2.05) is 40.1 Å². The number of hydrogen-bond donors (Lipinski definition) is 1. The summed E-state index contributed by atoms with van der Waals surface area (Å²) in [5.41, 5.74) is 6.49. The molecule has 0 radical (unpaired) electrons. The highest BCUT2D eigenvalue weighted by atomic mass is 35.5. The average Bonchev–Trinajstić information content (AvgIpc) is 2.69. The molecule has 2 saturated heterocycles. The van der Waals surface area contributed by atoms with Crippen LogP contribution in [0.2, 0.25) is 0 Å². The molecule has 2 heterocycles. The summed E-state index contributed by atoms with van der Waals surface area (Å²) in [6.07, 6.45) is 1.80. The van der Waals surface area contributed by atoms with E-state index in [1.54, 1.807) is 0 Å². The van der Waals surface area contributed by atoms with E-state index in [2.05, 4.69) is 0 Å². The number of nitrogens with two attached hydrogens (primary N) is 1. The molecule has 0 saturated carbocycles. The smallest absolute Gasteiger partial charge is 0.230 e. The van der Waals surface area contributed by atoms with Crippen LogP contribution in [-0.4, -0.2) is 67.6 Å². The van der Waals surface area contributed by atoms with E-state index in [0.717, 1.165) is 5.56 Å². The number of ether oxygens (including phenoxy) is 1. The number of carbonyl (C=O) groups is 2. The normalized spacial score (nSPS) is 19.6. The molecule has 2 N–H and O–H groups in total. The maximum absolute atomic E-state index is 13.0. The lowest BCUT2D eigenvalue weighted by Crippen LogP contribution is -2.57. The number of rotatable bonds is 4. The highest BCUT2D eigenvalue weighted by molar-refractivity contribution is 5.85. The maximum Gasteiger partial charge on any atom is 0.230 e. The van der Waals surface area contributed by atoms with Crippen LogP contribution in [-0.2, 0) is 20.7 Å². The maximum atomic E-state index is 13.0. The SMILES string of the molecule is Cl.NCC1(C(=O)N2CCN(C(=O)Cc3ccccc3)CC2)CCOCC1. The molecule has 0 spiro atoms. The number of carbonyl (C=O) groups excluding carboxylic acids is 2. The summed E-state index contributed by atoms with van der Waals surface area (Å²) in [4.78, 5) is 29.1. The number of hydrogen-bond acceptors (Lipinski definition) is 4. The predicted octanol–water partition coefficient (Wildman–Crippen LogP) is 1.08. The first-order valence-electron chi connectivity index (χ1n) is 9.03. The molecule has 2 fully saturated rings. The Morgan fingerprint density at radius 3 is 2.15 bits per heavy atom. The van der Waals surface area contributed by atoms with Crippen LogP contribution < -0.4 is 5.73 Å². The fraction of sp³-hybridized carbons (Fsp3) is 0.579. The van der Waals surface area contributed by atoms with Crippen molar-refractivity contribution < 1.29 is 14.3 Å². The van der Waals surface area contributed by atoms with Crippen molar-refractivity contribution in [3.05, 3.63) is 35.9 Å². The molecule has 26 heavy (non-hydrogen) atoms. The number of amides is 2. The molecule has 3 rings (SSSR count). The second kappa shape index (κ2) is 9.35. The lowest BCUT2D eigenvalue weighted by molar-refractivity contribution is -0.151. The summed E-state index contributed by atoms with van der Waals surface area (Å²) >= 11 is 0. The Morgan fingerprint density at radius 1 is 1.00 bits per heavy atom. The molecule has 0 aromatic heterocycles. The highest BCUT2D eigenvalue weighted by Gasteiger charge is 2.42. The highest BCUT2D eigenvalue weighted by Crippen LogP contribution is 2.32. The van der Waals surface area contributed by atoms with Gasteiger partial charge in [0, 0.05) is 45.9 Å². The molecule has 2 amide bonds.